The van der Waals surface area contributed by atoms with Gasteiger partial charge in [0.15, 0.2) is 0 Å². The molecule has 2 aromatic rings. The van der Waals surface area contributed by atoms with Gasteiger partial charge in [-0.1, -0.05) is 12.1 Å². The van der Waals surface area contributed by atoms with Gasteiger partial charge in [-0.3, -0.25) is 4.79 Å². The summed E-state index contributed by atoms with van der Waals surface area (Å²) in [5.74, 6) is -0.0965. The Hall–Kier alpha value is -2.01. The van der Waals surface area contributed by atoms with Gasteiger partial charge in [-0.2, -0.15) is 0 Å². The Morgan fingerprint density at radius 3 is 2.85 bits per heavy atom. The number of amides is 1. The smallest absolute Gasteiger partial charge is 0.258 e. The number of phenolic OH excluding ortho intramolecular Hbond substituents is 1. The molecule has 0 aromatic heterocycles. The Morgan fingerprint density at radius 1 is 1.30 bits per heavy atom. The fraction of sp³-hybridized carbons (Fsp3) is 0.133. The second-order valence-electron chi connectivity index (χ2n) is 4.73. The number of nitrogen functional groups attached to an aromatic ring is 1. The summed E-state index contributed by atoms with van der Waals surface area (Å²) in [7, 11) is 0. The highest BCUT2D eigenvalue weighted by molar-refractivity contribution is 9.10. The summed E-state index contributed by atoms with van der Waals surface area (Å²) in [6.07, 6.45) is 0.800. The number of halogens is 1. The molecule has 0 spiro atoms. The van der Waals surface area contributed by atoms with Crippen molar-refractivity contribution in [2.75, 3.05) is 17.2 Å². The second-order valence-corrected chi connectivity index (χ2v) is 5.58. The van der Waals surface area contributed by atoms with Gasteiger partial charge in [0.2, 0.25) is 0 Å². The SMILES string of the molecule is Nc1cccc2c1N(C(=O)c1ccc(Br)c(O)c1)CC2. The quantitative estimate of drug-likeness (QED) is 0.789. The predicted molar refractivity (Wildman–Crippen MR) is 82.0 cm³/mol. The molecule has 20 heavy (non-hydrogen) atoms. The summed E-state index contributed by atoms with van der Waals surface area (Å²) in [6, 6.07) is 10.5. The topological polar surface area (TPSA) is 66.6 Å². The van der Waals surface area contributed by atoms with Crippen LogP contribution in [0, 0.1) is 0 Å². The summed E-state index contributed by atoms with van der Waals surface area (Å²) in [4.78, 5) is 14.2. The number of aromatic hydroxyl groups is 1. The minimum atomic E-state index is -0.149. The van der Waals surface area contributed by atoms with Crippen molar-refractivity contribution >= 4 is 33.2 Å². The van der Waals surface area contributed by atoms with Crippen molar-refractivity contribution in [1.29, 1.82) is 0 Å². The van der Waals surface area contributed by atoms with E-state index in [2.05, 4.69) is 15.9 Å². The van der Waals surface area contributed by atoms with Gasteiger partial charge in [0.05, 0.1) is 15.8 Å². The van der Waals surface area contributed by atoms with Gasteiger partial charge < -0.3 is 15.7 Å². The molecule has 5 heteroatoms. The molecule has 1 heterocycles. The number of benzene rings is 2. The molecule has 1 amide bonds. The number of phenols is 1. The molecule has 3 rings (SSSR count). The van der Waals surface area contributed by atoms with E-state index in [0.717, 1.165) is 17.7 Å². The molecular weight excluding hydrogens is 320 g/mol. The Bertz CT molecular complexity index is 700. The molecule has 0 aliphatic carbocycles. The first-order valence-corrected chi connectivity index (χ1v) is 7.05. The molecule has 102 valence electrons. The van der Waals surface area contributed by atoms with Crippen LogP contribution in [0.5, 0.6) is 5.75 Å². The van der Waals surface area contributed by atoms with E-state index in [-0.39, 0.29) is 11.7 Å². The fourth-order valence-corrected chi connectivity index (χ4v) is 2.74. The van der Waals surface area contributed by atoms with Crippen molar-refractivity contribution < 1.29 is 9.90 Å². The van der Waals surface area contributed by atoms with E-state index in [9.17, 15) is 9.90 Å². The van der Waals surface area contributed by atoms with Crippen LogP contribution < -0.4 is 10.6 Å². The highest BCUT2D eigenvalue weighted by Crippen LogP contribution is 2.35. The van der Waals surface area contributed by atoms with E-state index in [1.54, 1.807) is 23.1 Å². The van der Waals surface area contributed by atoms with Crippen LogP contribution in [-0.2, 0) is 6.42 Å². The van der Waals surface area contributed by atoms with Gasteiger partial charge in [-0.25, -0.2) is 0 Å². The van der Waals surface area contributed by atoms with Gasteiger partial charge in [0, 0.05) is 12.1 Å². The molecule has 1 aliphatic rings. The van der Waals surface area contributed by atoms with Crippen LogP contribution in [0.2, 0.25) is 0 Å². The first-order chi connectivity index (χ1) is 9.58. The maximum atomic E-state index is 12.6. The number of nitrogens with two attached hydrogens (primary N) is 1. The zero-order valence-corrected chi connectivity index (χ0v) is 12.2. The van der Waals surface area contributed by atoms with E-state index in [0.29, 0.717) is 22.3 Å². The minimum Gasteiger partial charge on any atom is -0.507 e. The molecule has 4 nitrogen and oxygen atoms in total. The first kappa shape index (κ1) is 13.0. The Kier molecular flexibility index (Phi) is 3.14. The van der Waals surface area contributed by atoms with Crippen LogP contribution in [0.25, 0.3) is 0 Å². The van der Waals surface area contributed by atoms with Crippen molar-refractivity contribution in [3.63, 3.8) is 0 Å². The predicted octanol–water partition coefficient (Wildman–Crippen LogP) is 2.94. The number of fused-ring (bicyclic) bond motifs is 1. The second kappa shape index (κ2) is 4.83. The number of hydrogen-bond donors (Lipinski definition) is 2. The molecule has 0 saturated carbocycles. The number of carbonyl (C=O) groups excluding carboxylic acids is 1. The highest BCUT2D eigenvalue weighted by Gasteiger charge is 2.27. The Morgan fingerprint density at radius 2 is 2.10 bits per heavy atom. The lowest BCUT2D eigenvalue weighted by Crippen LogP contribution is -2.29. The van der Waals surface area contributed by atoms with Gasteiger partial charge in [-0.15, -0.1) is 0 Å². The molecule has 3 N–H and O–H groups in total. The number of hydrogen-bond acceptors (Lipinski definition) is 3. The van der Waals surface area contributed by atoms with E-state index in [4.69, 9.17) is 5.73 Å². The van der Waals surface area contributed by atoms with Crippen molar-refractivity contribution in [3.05, 3.63) is 52.0 Å². The number of para-hydroxylation sites is 1. The molecule has 2 aromatic carbocycles. The van der Waals surface area contributed by atoms with E-state index in [1.807, 2.05) is 12.1 Å². The zero-order chi connectivity index (χ0) is 14.3. The summed E-state index contributed by atoms with van der Waals surface area (Å²) in [5.41, 5.74) is 8.91. The molecule has 0 bridgehead atoms. The van der Waals surface area contributed by atoms with Gasteiger partial charge in [-0.05, 0) is 52.2 Å². The first-order valence-electron chi connectivity index (χ1n) is 6.25. The maximum Gasteiger partial charge on any atom is 0.258 e. The van der Waals surface area contributed by atoms with Crippen molar-refractivity contribution in [2.45, 2.75) is 6.42 Å². The normalized spacial score (nSPS) is 13.3. The molecule has 0 atom stereocenters. The zero-order valence-electron chi connectivity index (χ0n) is 10.6. The monoisotopic (exact) mass is 332 g/mol. The van der Waals surface area contributed by atoms with Crippen LogP contribution in [0.1, 0.15) is 15.9 Å². The third kappa shape index (κ3) is 2.04. The lowest BCUT2D eigenvalue weighted by atomic mass is 10.1. The summed E-state index contributed by atoms with van der Waals surface area (Å²) in [6.45, 7) is 0.610. The minimum absolute atomic E-state index is 0.0521. The third-order valence-electron chi connectivity index (χ3n) is 3.46. The van der Waals surface area contributed by atoms with Crippen LogP contribution in [0.15, 0.2) is 40.9 Å². The summed E-state index contributed by atoms with van der Waals surface area (Å²) in [5, 5.41) is 9.70. The molecule has 0 saturated heterocycles. The van der Waals surface area contributed by atoms with Gasteiger partial charge >= 0.3 is 0 Å². The van der Waals surface area contributed by atoms with Crippen molar-refractivity contribution in [2.24, 2.45) is 0 Å². The highest BCUT2D eigenvalue weighted by atomic mass is 79.9. The standard InChI is InChI=1S/C15H13BrN2O2/c16-11-5-4-10(8-13(11)19)15(20)18-7-6-9-2-1-3-12(17)14(9)18/h1-5,8,19H,6-7,17H2. The van der Waals surface area contributed by atoms with E-state index >= 15 is 0 Å². The van der Waals surface area contributed by atoms with E-state index < -0.39 is 0 Å². The van der Waals surface area contributed by atoms with Crippen molar-refractivity contribution in [1.82, 2.24) is 0 Å². The van der Waals surface area contributed by atoms with Gasteiger partial charge in [0.25, 0.3) is 5.91 Å². The molecule has 1 aliphatic heterocycles. The lowest BCUT2D eigenvalue weighted by molar-refractivity contribution is 0.0989. The number of rotatable bonds is 1. The van der Waals surface area contributed by atoms with Gasteiger partial charge in [0.1, 0.15) is 5.75 Å². The Labute approximate surface area is 125 Å². The average Bonchev–Trinajstić information content (AvgIpc) is 2.86. The fourth-order valence-electron chi connectivity index (χ4n) is 2.49. The van der Waals surface area contributed by atoms with Crippen molar-refractivity contribution in [3.8, 4) is 5.75 Å². The number of anilines is 2. The number of carbonyl (C=O) groups is 1. The summed E-state index contributed by atoms with van der Waals surface area (Å²) < 4.78 is 0.565. The van der Waals surface area contributed by atoms with Crippen LogP contribution in [-0.4, -0.2) is 17.6 Å². The molecule has 0 unspecified atom stereocenters. The van der Waals surface area contributed by atoms with Crippen LogP contribution in [0.4, 0.5) is 11.4 Å². The molecule has 0 fully saturated rings. The van der Waals surface area contributed by atoms with Crippen LogP contribution >= 0.6 is 15.9 Å². The Balaban J connectivity index is 1.99. The molecule has 0 radical (unpaired) electrons. The summed E-state index contributed by atoms with van der Waals surface area (Å²) >= 11 is 3.20. The molecular formula is C15H13BrN2O2. The maximum absolute atomic E-state index is 12.6. The average molecular weight is 333 g/mol. The third-order valence-corrected chi connectivity index (χ3v) is 4.13. The number of nitrogens with zero attached hydrogens (tertiary/aromatic N) is 1. The largest absolute Gasteiger partial charge is 0.507 e. The van der Waals surface area contributed by atoms with Crippen LogP contribution in [0.3, 0.4) is 0 Å². The lowest BCUT2D eigenvalue weighted by Gasteiger charge is -2.19. The van der Waals surface area contributed by atoms with E-state index in [1.165, 1.54) is 6.07 Å².